The molecule has 0 spiro atoms. The van der Waals surface area contributed by atoms with Gasteiger partial charge in [-0.1, -0.05) is 46.5 Å². The highest BCUT2D eigenvalue weighted by molar-refractivity contribution is 4.67. The zero-order valence-corrected chi connectivity index (χ0v) is 11.4. The van der Waals surface area contributed by atoms with Crippen LogP contribution in [0.25, 0.3) is 0 Å². The van der Waals surface area contributed by atoms with Crippen LogP contribution in [-0.2, 0) is 0 Å². The van der Waals surface area contributed by atoms with Gasteiger partial charge in [0.1, 0.15) is 0 Å². The molecule has 0 atom stereocenters. The summed E-state index contributed by atoms with van der Waals surface area (Å²) < 4.78 is 0. The van der Waals surface area contributed by atoms with Crippen molar-refractivity contribution in [2.24, 2.45) is 17.8 Å². The Balaban J connectivity index is 0.000000160. The molecule has 0 amide bonds. The third-order valence-electron chi connectivity index (χ3n) is 4.29. The summed E-state index contributed by atoms with van der Waals surface area (Å²) in [4.78, 5) is 0. The highest BCUT2D eigenvalue weighted by Crippen LogP contribution is 2.27. The van der Waals surface area contributed by atoms with Crippen molar-refractivity contribution >= 4 is 0 Å². The average molecular weight is 226 g/mol. The summed E-state index contributed by atoms with van der Waals surface area (Å²) in [6, 6.07) is 0. The van der Waals surface area contributed by atoms with Gasteiger partial charge in [-0.05, 0) is 43.4 Å². The van der Waals surface area contributed by atoms with Gasteiger partial charge in [-0.3, -0.25) is 0 Å². The van der Waals surface area contributed by atoms with Gasteiger partial charge in [0.15, 0.2) is 0 Å². The van der Waals surface area contributed by atoms with Gasteiger partial charge < -0.3 is 5.11 Å². The van der Waals surface area contributed by atoms with Gasteiger partial charge >= 0.3 is 0 Å². The molecule has 2 rings (SSSR count). The van der Waals surface area contributed by atoms with E-state index in [1.165, 1.54) is 38.5 Å². The van der Waals surface area contributed by atoms with Gasteiger partial charge in [0.25, 0.3) is 0 Å². The number of aliphatic hydroxyl groups is 1. The molecule has 0 radical (unpaired) electrons. The first kappa shape index (κ1) is 14.0. The molecule has 0 unspecified atom stereocenters. The number of rotatable bonds is 0. The fourth-order valence-corrected chi connectivity index (χ4v) is 2.67. The van der Waals surface area contributed by atoms with Crippen LogP contribution in [0.3, 0.4) is 0 Å². The maximum atomic E-state index is 9.03. The van der Waals surface area contributed by atoms with Crippen molar-refractivity contribution in [3.8, 4) is 0 Å². The minimum Gasteiger partial charge on any atom is -0.393 e. The molecule has 1 heteroatoms. The van der Waals surface area contributed by atoms with E-state index in [0.29, 0.717) is 0 Å². The first-order valence-corrected chi connectivity index (χ1v) is 7.26. The van der Waals surface area contributed by atoms with E-state index in [9.17, 15) is 0 Å². The monoisotopic (exact) mass is 226 g/mol. The predicted octanol–water partition coefficient (Wildman–Crippen LogP) is 4.39. The summed E-state index contributed by atoms with van der Waals surface area (Å²) in [5, 5.41) is 9.03. The zero-order chi connectivity index (χ0) is 12.0. The fourth-order valence-electron chi connectivity index (χ4n) is 2.67. The molecule has 1 nitrogen and oxygen atoms in total. The second kappa shape index (κ2) is 7.32. The molecule has 16 heavy (non-hydrogen) atoms. The van der Waals surface area contributed by atoms with Crippen LogP contribution in [0.15, 0.2) is 0 Å². The Morgan fingerprint density at radius 2 is 0.812 bits per heavy atom. The summed E-state index contributed by atoms with van der Waals surface area (Å²) in [5.74, 6) is 2.90. The Labute approximate surface area is 102 Å². The minimum atomic E-state index is 0.0196. The van der Waals surface area contributed by atoms with E-state index in [1.807, 2.05) is 0 Å². The van der Waals surface area contributed by atoms with E-state index in [2.05, 4.69) is 20.8 Å². The third kappa shape index (κ3) is 5.89. The number of hydrogen-bond donors (Lipinski definition) is 1. The summed E-state index contributed by atoms with van der Waals surface area (Å²) >= 11 is 0. The molecule has 0 saturated heterocycles. The fraction of sp³-hybridized carbons (Fsp3) is 1.00. The molecule has 0 aliphatic heterocycles. The quantitative estimate of drug-likeness (QED) is 0.649. The summed E-state index contributed by atoms with van der Waals surface area (Å²) in [6.45, 7) is 6.99. The van der Waals surface area contributed by atoms with Gasteiger partial charge in [0.05, 0.1) is 6.10 Å². The van der Waals surface area contributed by atoms with E-state index in [-0.39, 0.29) is 6.10 Å². The van der Waals surface area contributed by atoms with Crippen molar-refractivity contribution in [3.05, 3.63) is 0 Å². The molecule has 2 aliphatic rings. The molecule has 2 aliphatic carbocycles. The Kier molecular flexibility index (Phi) is 6.41. The van der Waals surface area contributed by atoms with Crippen LogP contribution in [0.5, 0.6) is 0 Å². The lowest BCUT2D eigenvalue weighted by Crippen LogP contribution is -2.15. The van der Waals surface area contributed by atoms with Crippen molar-refractivity contribution in [2.45, 2.75) is 78.2 Å². The first-order chi connectivity index (χ1) is 7.58. The maximum Gasteiger partial charge on any atom is 0.0540 e. The highest BCUT2D eigenvalue weighted by atomic mass is 16.3. The average Bonchev–Trinajstić information content (AvgIpc) is 2.28. The van der Waals surface area contributed by atoms with Crippen LogP contribution < -0.4 is 0 Å². The second-order valence-electron chi connectivity index (χ2n) is 6.28. The van der Waals surface area contributed by atoms with Crippen LogP contribution >= 0.6 is 0 Å². The molecule has 0 aromatic heterocycles. The lowest BCUT2D eigenvalue weighted by atomic mass is 9.84. The Morgan fingerprint density at radius 1 is 0.562 bits per heavy atom. The van der Waals surface area contributed by atoms with Crippen LogP contribution in [0.4, 0.5) is 0 Å². The van der Waals surface area contributed by atoms with Crippen molar-refractivity contribution < 1.29 is 5.11 Å². The Morgan fingerprint density at radius 3 is 1.06 bits per heavy atom. The molecule has 0 aromatic carbocycles. The molecule has 96 valence electrons. The second-order valence-corrected chi connectivity index (χ2v) is 6.28. The van der Waals surface area contributed by atoms with Crippen molar-refractivity contribution in [3.63, 3.8) is 0 Å². The van der Waals surface area contributed by atoms with Crippen LogP contribution in [0.1, 0.15) is 72.1 Å². The molecular formula is C15H30O. The third-order valence-corrected chi connectivity index (χ3v) is 4.29. The minimum absolute atomic E-state index is 0.0196. The normalized spacial score (nSPS) is 39.8. The van der Waals surface area contributed by atoms with Gasteiger partial charge in [0.2, 0.25) is 0 Å². The SMILES string of the molecule is CC1CCC(C)CC1.CC1CCC(O)CC1. The van der Waals surface area contributed by atoms with E-state index in [4.69, 9.17) is 5.11 Å². The van der Waals surface area contributed by atoms with Crippen molar-refractivity contribution in [1.29, 1.82) is 0 Å². The van der Waals surface area contributed by atoms with Crippen molar-refractivity contribution in [2.75, 3.05) is 0 Å². The highest BCUT2D eigenvalue weighted by Gasteiger charge is 2.14. The van der Waals surface area contributed by atoms with E-state index in [1.54, 1.807) is 0 Å². The summed E-state index contributed by atoms with van der Waals surface area (Å²) in [5.41, 5.74) is 0. The molecule has 0 aromatic rings. The first-order valence-electron chi connectivity index (χ1n) is 7.26. The van der Waals surface area contributed by atoms with E-state index < -0.39 is 0 Å². The van der Waals surface area contributed by atoms with Gasteiger partial charge in [0, 0.05) is 0 Å². The smallest absolute Gasteiger partial charge is 0.0540 e. The lowest BCUT2D eigenvalue weighted by Gasteiger charge is -2.22. The van der Waals surface area contributed by atoms with Gasteiger partial charge in [-0.25, -0.2) is 0 Å². The predicted molar refractivity (Wildman–Crippen MR) is 70.4 cm³/mol. The largest absolute Gasteiger partial charge is 0.393 e. The topological polar surface area (TPSA) is 20.2 Å². The maximum absolute atomic E-state index is 9.03. The number of hydrogen-bond acceptors (Lipinski definition) is 1. The van der Waals surface area contributed by atoms with E-state index >= 15 is 0 Å². The number of aliphatic hydroxyl groups excluding tert-OH is 1. The lowest BCUT2D eigenvalue weighted by molar-refractivity contribution is 0.112. The van der Waals surface area contributed by atoms with E-state index in [0.717, 1.165) is 30.6 Å². The van der Waals surface area contributed by atoms with Crippen molar-refractivity contribution in [1.82, 2.24) is 0 Å². The Hall–Kier alpha value is -0.0400. The van der Waals surface area contributed by atoms with Crippen LogP contribution in [-0.4, -0.2) is 11.2 Å². The molecule has 2 fully saturated rings. The van der Waals surface area contributed by atoms with Crippen LogP contribution in [0.2, 0.25) is 0 Å². The summed E-state index contributed by atoms with van der Waals surface area (Å²) in [6.07, 6.45) is 10.4. The molecular weight excluding hydrogens is 196 g/mol. The van der Waals surface area contributed by atoms with Crippen LogP contribution in [0, 0.1) is 17.8 Å². The van der Waals surface area contributed by atoms with Gasteiger partial charge in [-0.2, -0.15) is 0 Å². The van der Waals surface area contributed by atoms with Gasteiger partial charge in [-0.15, -0.1) is 0 Å². The molecule has 0 bridgehead atoms. The standard InChI is InChI=1S/C8H16.C7H14O/c1-7-3-5-8(2)6-4-7;1-6-2-4-7(8)5-3-6/h7-8H,3-6H2,1-2H3;6-8H,2-5H2,1H3. The summed E-state index contributed by atoms with van der Waals surface area (Å²) in [7, 11) is 0. The molecule has 1 N–H and O–H groups in total. The Bertz CT molecular complexity index is 122. The molecule has 2 saturated carbocycles. The zero-order valence-electron chi connectivity index (χ0n) is 11.4. The molecule has 0 heterocycles.